The molecule has 1 aliphatic carbocycles. The SMILES string of the molecule is COCc1cc(NC(=O)c2c(C)c(C(=O)C(=O)NC3(c4cn[nH]n4)CC(F)(F)C3)n3c2CCC3)ccc1F. The second-order valence-corrected chi connectivity index (χ2v) is 9.67. The minimum atomic E-state index is -3.02. The molecule has 1 aromatic carbocycles. The lowest BCUT2D eigenvalue weighted by Gasteiger charge is -2.46. The summed E-state index contributed by atoms with van der Waals surface area (Å²) in [6.07, 6.45) is 0.962. The fourth-order valence-electron chi connectivity index (χ4n) is 5.40. The molecule has 1 saturated carbocycles. The zero-order valence-electron chi connectivity index (χ0n) is 20.7. The van der Waals surface area contributed by atoms with Gasteiger partial charge in [0.05, 0.1) is 29.6 Å². The third-order valence-electron chi connectivity index (χ3n) is 7.04. The summed E-state index contributed by atoms with van der Waals surface area (Å²) in [6, 6.07) is 4.09. The Balaban J connectivity index is 1.42. The lowest BCUT2D eigenvalue weighted by molar-refractivity contribution is -0.148. The molecular weight excluding hydrogens is 505 g/mol. The van der Waals surface area contributed by atoms with Crippen LogP contribution >= 0.6 is 0 Å². The van der Waals surface area contributed by atoms with E-state index in [0.29, 0.717) is 36.3 Å². The van der Waals surface area contributed by atoms with Crippen molar-refractivity contribution in [2.75, 3.05) is 12.4 Å². The Morgan fingerprint density at radius 2 is 2.00 bits per heavy atom. The van der Waals surface area contributed by atoms with Gasteiger partial charge in [0.25, 0.3) is 23.5 Å². The number of ketones is 1. The van der Waals surface area contributed by atoms with Crippen molar-refractivity contribution in [3.8, 4) is 0 Å². The zero-order valence-corrected chi connectivity index (χ0v) is 20.7. The summed E-state index contributed by atoms with van der Waals surface area (Å²) in [5.74, 6) is -6.02. The molecule has 13 heteroatoms. The number of rotatable bonds is 8. The average molecular weight is 531 g/mol. The molecule has 200 valence electrons. The van der Waals surface area contributed by atoms with E-state index in [1.165, 1.54) is 31.5 Å². The number of nitrogens with one attached hydrogen (secondary N) is 3. The highest BCUT2D eigenvalue weighted by molar-refractivity contribution is 6.43. The number of aromatic nitrogens is 4. The molecule has 2 aliphatic rings. The first-order valence-corrected chi connectivity index (χ1v) is 12.0. The molecule has 0 unspecified atom stereocenters. The van der Waals surface area contributed by atoms with E-state index < -0.39 is 47.7 Å². The van der Waals surface area contributed by atoms with E-state index in [0.717, 1.165) is 0 Å². The summed E-state index contributed by atoms with van der Waals surface area (Å²) in [4.78, 5) is 39.8. The van der Waals surface area contributed by atoms with Gasteiger partial charge in [-0.1, -0.05) is 0 Å². The number of nitrogens with zero attached hydrogens (tertiary/aromatic N) is 3. The molecule has 10 nitrogen and oxygen atoms in total. The van der Waals surface area contributed by atoms with Crippen molar-refractivity contribution < 1.29 is 32.3 Å². The molecular formula is C25H25F3N6O4. The summed E-state index contributed by atoms with van der Waals surface area (Å²) in [6.45, 7) is 2.00. The highest BCUT2D eigenvalue weighted by Gasteiger charge is 2.60. The molecule has 3 heterocycles. The number of carbonyl (C=O) groups is 3. The van der Waals surface area contributed by atoms with Crippen molar-refractivity contribution in [2.45, 2.75) is 57.2 Å². The quantitative estimate of drug-likeness (QED) is 0.303. The summed E-state index contributed by atoms with van der Waals surface area (Å²) >= 11 is 0. The number of ether oxygens (including phenoxy) is 1. The van der Waals surface area contributed by atoms with Crippen molar-refractivity contribution in [1.29, 1.82) is 0 Å². The molecule has 5 rings (SSSR count). The van der Waals surface area contributed by atoms with Gasteiger partial charge < -0.3 is 19.9 Å². The molecule has 2 amide bonds. The molecule has 0 bridgehead atoms. The van der Waals surface area contributed by atoms with Crippen molar-refractivity contribution >= 4 is 23.3 Å². The summed E-state index contributed by atoms with van der Waals surface area (Å²) in [7, 11) is 1.43. The summed E-state index contributed by atoms with van der Waals surface area (Å²) in [5.41, 5.74) is 0.349. The summed E-state index contributed by atoms with van der Waals surface area (Å²) in [5, 5.41) is 15.0. The van der Waals surface area contributed by atoms with Crippen molar-refractivity contribution in [2.24, 2.45) is 0 Å². The van der Waals surface area contributed by atoms with E-state index in [-0.39, 0.29) is 29.1 Å². The van der Waals surface area contributed by atoms with Gasteiger partial charge in [0, 0.05) is 43.4 Å². The minimum absolute atomic E-state index is 0.0196. The van der Waals surface area contributed by atoms with E-state index in [4.69, 9.17) is 4.74 Å². The first kappa shape index (κ1) is 25.6. The Hall–Kier alpha value is -4.00. The van der Waals surface area contributed by atoms with Crippen molar-refractivity contribution in [3.05, 3.63) is 64.0 Å². The smallest absolute Gasteiger partial charge is 0.294 e. The Morgan fingerprint density at radius 1 is 1.24 bits per heavy atom. The maximum atomic E-state index is 14.0. The van der Waals surface area contributed by atoms with Crippen LogP contribution in [0.15, 0.2) is 24.4 Å². The number of hydrogen-bond donors (Lipinski definition) is 3. The second-order valence-electron chi connectivity index (χ2n) is 9.67. The first-order chi connectivity index (χ1) is 18.0. The number of Topliss-reactive ketones (excluding diaryl/α,β-unsaturated/α-hetero) is 1. The van der Waals surface area contributed by atoms with Crippen LogP contribution in [-0.2, 0) is 34.6 Å². The lowest BCUT2D eigenvalue weighted by Crippen LogP contribution is -2.61. The van der Waals surface area contributed by atoms with Crippen LogP contribution in [0, 0.1) is 12.7 Å². The van der Waals surface area contributed by atoms with Crippen LogP contribution in [0.1, 0.15) is 62.6 Å². The number of aromatic amines is 1. The largest absolute Gasteiger partial charge is 0.380 e. The Morgan fingerprint density at radius 3 is 2.66 bits per heavy atom. The van der Waals surface area contributed by atoms with Gasteiger partial charge in [-0.3, -0.25) is 14.4 Å². The van der Waals surface area contributed by atoms with E-state index in [1.54, 1.807) is 11.5 Å². The number of fused-ring (bicyclic) bond motifs is 1. The Bertz CT molecular complexity index is 1430. The monoisotopic (exact) mass is 530 g/mol. The van der Waals surface area contributed by atoms with Crippen LogP contribution in [0.25, 0.3) is 0 Å². The number of methoxy groups -OCH3 is 1. The van der Waals surface area contributed by atoms with Gasteiger partial charge in [-0.05, 0) is 43.5 Å². The van der Waals surface area contributed by atoms with E-state index >= 15 is 0 Å². The van der Waals surface area contributed by atoms with Gasteiger partial charge in [-0.25, -0.2) is 13.2 Å². The molecule has 2 aromatic heterocycles. The van der Waals surface area contributed by atoms with Gasteiger partial charge in [0.1, 0.15) is 11.5 Å². The number of amides is 2. The highest BCUT2D eigenvalue weighted by Crippen LogP contribution is 2.51. The number of benzene rings is 1. The van der Waals surface area contributed by atoms with E-state index in [9.17, 15) is 27.6 Å². The lowest BCUT2D eigenvalue weighted by atomic mass is 9.71. The van der Waals surface area contributed by atoms with Gasteiger partial charge in [-0.2, -0.15) is 15.4 Å². The van der Waals surface area contributed by atoms with Gasteiger partial charge >= 0.3 is 0 Å². The molecule has 1 aliphatic heterocycles. The number of alkyl halides is 2. The van der Waals surface area contributed by atoms with Crippen molar-refractivity contribution in [1.82, 2.24) is 25.3 Å². The second kappa shape index (κ2) is 9.39. The van der Waals surface area contributed by atoms with Crippen LogP contribution < -0.4 is 10.6 Å². The number of H-pyrrole nitrogens is 1. The highest BCUT2D eigenvalue weighted by atomic mass is 19.3. The van der Waals surface area contributed by atoms with E-state index in [2.05, 4.69) is 26.0 Å². The fourth-order valence-corrected chi connectivity index (χ4v) is 5.40. The molecule has 0 saturated heterocycles. The standard InChI is InChI=1S/C25H25F3N6O4/c1-13-19(22(36)30-15-5-6-16(26)14(8-15)10-38-2)17-4-3-7-34(17)20(13)21(35)23(37)31-24(11-25(27,28)12-24)18-9-29-33-32-18/h5-6,8-9H,3-4,7,10-12H2,1-2H3,(H,30,36)(H,31,37)(H,29,32,33). The molecule has 0 atom stereocenters. The molecule has 38 heavy (non-hydrogen) atoms. The minimum Gasteiger partial charge on any atom is -0.380 e. The maximum Gasteiger partial charge on any atom is 0.294 e. The number of anilines is 1. The number of halogens is 3. The van der Waals surface area contributed by atoms with Crippen LogP contribution in [-0.4, -0.2) is 50.6 Å². The number of hydrogen-bond acceptors (Lipinski definition) is 6. The van der Waals surface area contributed by atoms with Crippen LogP contribution in [0.2, 0.25) is 0 Å². The third-order valence-corrected chi connectivity index (χ3v) is 7.04. The predicted molar refractivity (Wildman–Crippen MR) is 127 cm³/mol. The van der Waals surface area contributed by atoms with Crippen LogP contribution in [0.3, 0.4) is 0 Å². The Labute approximate surface area is 214 Å². The zero-order chi connectivity index (χ0) is 27.2. The van der Waals surface area contributed by atoms with Gasteiger partial charge in [0.15, 0.2) is 0 Å². The van der Waals surface area contributed by atoms with Crippen LogP contribution in [0.5, 0.6) is 0 Å². The Kier molecular flexibility index (Phi) is 6.33. The molecule has 0 spiro atoms. The van der Waals surface area contributed by atoms with Crippen molar-refractivity contribution in [3.63, 3.8) is 0 Å². The topological polar surface area (TPSA) is 131 Å². The molecule has 1 fully saturated rings. The van der Waals surface area contributed by atoms with Gasteiger partial charge in [-0.15, -0.1) is 0 Å². The fraction of sp³-hybridized carbons (Fsp3) is 0.400. The molecule has 0 radical (unpaired) electrons. The third kappa shape index (κ3) is 4.36. The number of carbonyl (C=O) groups excluding carboxylic acids is 3. The average Bonchev–Trinajstić information content (AvgIpc) is 3.57. The normalized spacial score (nSPS) is 17.0. The van der Waals surface area contributed by atoms with Gasteiger partial charge in [0.2, 0.25) is 0 Å². The van der Waals surface area contributed by atoms with E-state index in [1.807, 2.05) is 0 Å². The first-order valence-electron chi connectivity index (χ1n) is 12.0. The predicted octanol–water partition coefficient (Wildman–Crippen LogP) is 3.02. The van der Waals surface area contributed by atoms with Crippen LogP contribution in [0.4, 0.5) is 18.9 Å². The molecule has 3 N–H and O–H groups in total. The maximum absolute atomic E-state index is 14.0. The summed E-state index contributed by atoms with van der Waals surface area (Å²) < 4.78 is 48.3. The molecule has 3 aromatic rings.